The average Bonchev–Trinajstić information content (AvgIpc) is 2.42. The smallest absolute Gasteiger partial charge is 0.0637 e. The van der Waals surface area contributed by atoms with E-state index in [1.165, 1.54) is 11.3 Å². The molecule has 0 aliphatic heterocycles. The van der Waals surface area contributed by atoms with Crippen molar-refractivity contribution in [2.45, 2.75) is 19.4 Å². The Morgan fingerprint density at radius 3 is 2.78 bits per heavy atom. The van der Waals surface area contributed by atoms with Crippen LogP contribution in [0.1, 0.15) is 24.9 Å². The highest BCUT2D eigenvalue weighted by molar-refractivity contribution is 5.55. The third kappa shape index (κ3) is 3.86. The molecular formula is C15H24N2O. The summed E-state index contributed by atoms with van der Waals surface area (Å²) < 4.78 is 5.16. The second kappa shape index (κ2) is 7.90. The van der Waals surface area contributed by atoms with Gasteiger partial charge in [0.1, 0.15) is 0 Å². The predicted octanol–water partition coefficient (Wildman–Crippen LogP) is 2.74. The van der Waals surface area contributed by atoms with Crippen LogP contribution in [0, 0.1) is 0 Å². The Kier molecular flexibility index (Phi) is 6.47. The van der Waals surface area contributed by atoms with Gasteiger partial charge >= 0.3 is 0 Å². The van der Waals surface area contributed by atoms with Crippen molar-refractivity contribution in [1.82, 2.24) is 0 Å². The summed E-state index contributed by atoms with van der Waals surface area (Å²) in [5, 5.41) is 0. The quantitative estimate of drug-likeness (QED) is 0.719. The summed E-state index contributed by atoms with van der Waals surface area (Å²) in [7, 11) is 1.72. The number of rotatable bonds is 8. The third-order valence-corrected chi connectivity index (χ3v) is 3.03. The number of hydrogen-bond donors (Lipinski definition) is 1. The van der Waals surface area contributed by atoms with Crippen molar-refractivity contribution >= 4 is 5.69 Å². The Labute approximate surface area is 110 Å². The van der Waals surface area contributed by atoms with E-state index in [1.807, 2.05) is 18.2 Å². The SMILES string of the molecule is C=CCN(CCOC)c1ccccc1[C@@H](N)CC. The first kappa shape index (κ1) is 14.7. The minimum atomic E-state index is 0.0797. The molecule has 0 amide bonds. The number of anilines is 1. The number of nitrogens with zero attached hydrogens (tertiary/aromatic N) is 1. The lowest BCUT2D eigenvalue weighted by atomic mass is 10.0. The van der Waals surface area contributed by atoms with Crippen LogP contribution in [0.25, 0.3) is 0 Å². The van der Waals surface area contributed by atoms with Gasteiger partial charge in [-0.3, -0.25) is 0 Å². The van der Waals surface area contributed by atoms with Gasteiger partial charge in [0, 0.05) is 31.9 Å². The molecule has 0 saturated carbocycles. The van der Waals surface area contributed by atoms with E-state index in [9.17, 15) is 0 Å². The van der Waals surface area contributed by atoms with Crippen LogP contribution < -0.4 is 10.6 Å². The molecule has 1 rings (SSSR count). The van der Waals surface area contributed by atoms with Crippen molar-refractivity contribution in [3.05, 3.63) is 42.5 Å². The highest BCUT2D eigenvalue weighted by Gasteiger charge is 2.13. The molecule has 1 aromatic rings. The van der Waals surface area contributed by atoms with Gasteiger partial charge in [-0.05, 0) is 18.1 Å². The molecule has 0 heterocycles. The van der Waals surface area contributed by atoms with Crippen molar-refractivity contribution < 1.29 is 4.74 Å². The van der Waals surface area contributed by atoms with Crippen LogP contribution in [-0.2, 0) is 4.74 Å². The average molecular weight is 248 g/mol. The summed E-state index contributed by atoms with van der Waals surface area (Å²) in [6.45, 7) is 8.26. The highest BCUT2D eigenvalue weighted by atomic mass is 16.5. The summed E-state index contributed by atoms with van der Waals surface area (Å²) in [5.41, 5.74) is 8.55. The van der Waals surface area contributed by atoms with E-state index >= 15 is 0 Å². The van der Waals surface area contributed by atoms with Crippen LogP contribution in [0.5, 0.6) is 0 Å². The van der Waals surface area contributed by atoms with E-state index < -0.39 is 0 Å². The molecule has 0 bridgehead atoms. The molecule has 0 saturated heterocycles. The maximum absolute atomic E-state index is 6.17. The van der Waals surface area contributed by atoms with Gasteiger partial charge < -0.3 is 15.4 Å². The largest absolute Gasteiger partial charge is 0.383 e. The van der Waals surface area contributed by atoms with Crippen molar-refractivity contribution in [3.63, 3.8) is 0 Å². The zero-order valence-corrected chi connectivity index (χ0v) is 11.4. The molecule has 0 radical (unpaired) electrons. The topological polar surface area (TPSA) is 38.5 Å². The summed E-state index contributed by atoms with van der Waals surface area (Å²) in [4.78, 5) is 2.25. The fourth-order valence-electron chi connectivity index (χ4n) is 1.98. The fourth-order valence-corrected chi connectivity index (χ4v) is 1.98. The van der Waals surface area contributed by atoms with Gasteiger partial charge in [-0.15, -0.1) is 6.58 Å². The van der Waals surface area contributed by atoms with Crippen LogP contribution in [0.3, 0.4) is 0 Å². The molecule has 2 N–H and O–H groups in total. The number of benzene rings is 1. The fraction of sp³-hybridized carbons (Fsp3) is 0.467. The molecule has 0 aliphatic rings. The van der Waals surface area contributed by atoms with Crippen molar-refractivity contribution in [2.75, 3.05) is 31.7 Å². The minimum absolute atomic E-state index is 0.0797. The predicted molar refractivity (Wildman–Crippen MR) is 77.9 cm³/mol. The molecule has 0 aromatic heterocycles. The maximum Gasteiger partial charge on any atom is 0.0637 e. The molecule has 0 fully saturated rings. The molecule has 3 nitrogen and oxygen atoms in total. The Morgan fingerprint density at radius 1 is 1.44 bits per heavy atom. The first-order valence-electron chi connectivity index (χ1n) is 6.43. The van der Waals surface area contributed by atoms with E-state index in [1.54, 1.807) is 7.11 Å². The molecule has 3 heteroatoms. The number of para-hydroxylation sites is 1. The van der Waals surface area contributed by atoms with E-state index in [0.29, 0.717) is 6.61 Å². The van der Waals surface area contributed by atoms with Crippen molar-refractivity contribution in [2.24, 2.45) is 5.73 Å². The summed E-state index contributed by atoms with van der Waals surface area (Å²) in [6.07, 6.45) is 2.84. The summed E-state index contributed by atoms with van der Waals surface area (Å²) in [5.74, 6) is 0. The van der Waals surface area contributed by atoms with E-state index in [4.69, 9.17) is 10.5 Å². The number of nitrogens with two attached hydrogens (primary N) is 1. The normalized spacial score (nSPS) is 12.2. The van der Waals surface area contributed by atoms with Crippen molar-refractivity contribution in [3.8, 4) is 0 Å². The monoisotopic (exact) mass is 248 g/mol. The number of methoxy groups -OCH3 is 1. The molecule has 18 heavy (non-hydrogen) atoms. The van der Waals surface area contributed by atoms with Crippen molar-refractivity contribution in [1.29, 1.82) is 0 Å². The molecule has 0 spiro atoms. The van der Waals surface area contributed by atoms with Gasteiger partial charge in [0.2, 0.25) is 0 Å². The lowest BCUT2D eigenvalue weighted by molar-refractivity contribution is 0.205. The molecular weight excluding hydrogens is 224 g/mol. The van der Waals surface area contributed by atoms with E-state index in [0.717, 1.165) is 19.5 Å². The lowest BCUT2D eigenvalue weighted by Crippen LogP contribution is -2.29. The van der Waals surface area contributed by atoms with Crippen LogP contribution >= 0.6 is 0 Å². The van der Waals surface area contributed by atoms with Gasteiger partial charge in [0.15, 0.2) is 0 Å². The van der Waals surface area contributed by atoms with Gasteiger partial charge in [0.25, 0.3) is 0 Å². The molecule has 0 aliphatic carbocycles. The third-order valence-electron chi connectivity index (χ3n) is 3.03. The Morgan fingerprint density at radius 2 is 2.17 bits per heavy atom. The van der Waals surface area contributed by atoms with Gasteiger partial charge in [-0.25, -0.2) is 0 Å². The van der Waals surface area contributed by atoms with Crippen LogP contribution in [0.15, 0.2) is 36.9 Å². The van der Waals surface area contributed by atoms with Gasteiger partial charge in [-0.1, -0.05) is 31.2 Å². The Balaban J connectivity index is 2.98. The highest BCUT2D eigenvalue weighted by Crippen LogP contribution is 2.26. The zero-order valence-electron chi connectivity index (χ0n) is 11.4. The Hall–Kier alpha value is -1.32. The van der Waals surface area contributed by atoms with Gasteiger partial charge in [0.05, 0.1) is 6.61 Å². The second-order valence-electron chi connectivity index (χ2n) is 4.30. The van der Waals surface area contributed by atoms with Crippen LogP contribution in [0.2, 0.25) is 0 Å². The first-order chi connectivity index (χ1) is 8.74. The van der Waals surface area contributed by atoms with E-state index in [-0.39, 0.29) is 6.04 Å². The van der Waals surface area contributed by atoms with Gasteiger partial charge in [-0.2, -0.15) is 0 Å². The number of hydrogen-bond acceptors (Lipinski definition) is 3. The van der Waals surface area contributed by atoms with E-state index in [2.05, 4.69) is 30.5 Å². The zero-order chi connectivity index (χ0) is 13.4. The molecule has 1 atom stereocenters. The lowest BCUT2D eigenvalue weighted by Gasteiger charge is -2.27. The minimum Gasteiger partial charge on any atom is -0.383 e. The van der Waals surface area contributed by atoms with Crippen LogP contribution in [0.4, 0.5) is 5.69 Å². The Bertz CT molecular complexity index is 365. The number of ether oxygens (including phenoxy) is 1. The summed E-state index contributed by atoms with van der Waals surface area (Å²) in [6, 6.07) is 8.38. The molecule has 1 aromatic carbocycles. The first-order valence-corrected chi connectivity index (χ1v) is 6.43. The second-order valence-corrected chi connectivity index (χ2v) is 4.30. The standard InChI is InChI=1S/C15H24N2O/c1-4-10-17(11-12-18-3)15-9-7-6-8-13(15)14(16)5-2/h4,6-9,14H,1,5,10-12,16H2,2-3H3/t14-/m0/s1. The van der Waals surface area contributed by atoms with Crippen LogP contribution in [-0.4, -0.2) is 26.8 Å². The maximum atomic E-state index is 6.17. The molecule has 100 valence electrons. The summed E-state index contributed by atoms with van der Waals surface area (Å²) >= 11 is 0. The molecule has 0 unspecified atom stereocenters.